The van der Waals surface area contributed by atoms with E-state index in [4.69, 9.17) is 0 Å². The molecule has 0 aliphatic carbocycles. The molecule has 1 aromatic rings. The van der Waals surface area contributed by atoms with Gasteiger partial charge in [0.1, 0.15) is 0 Å². The summed E-state index contributed by atoms with van der Waals surface area (Å²) in [7, 11) is 0. The molecule has 3 rings (SSSR count). The lowest BCUT2D eigenvalue weighted by Crippen LogP contribution is -2.37. The molecule has 2 aliphatic heterocycles. The van der Waals surface area contributed by atoms with Crippen molar-refractivity contribution < 1.29 is 4.79 Å². The lowest BCUT2D eigenvalue weighted by atomic mass is 10.1. The van der Waals surface area contributed by atoms with Gasteiger partial charge in [0.05, 0.1) is 0 Å². The third kappa shape index (κ3) is 2.91. The summed E-state index contributed by atoms with van der Waals surface area (Å²) >= 11 is 3.43. The molecule has 0 spiro atoms. The SMILES string of the molecule is O=C(c1ccc(CBr)cc1)N1CCC(N2CCCC2)C1. The largest absolute Gasteiger partial charge is 0.337 e. The number of halogens is 1. The Morgan fingerprint density at radius 2 is 1.85 bits per heavy atom. The van der Waals surface area contributed by atoms with Gasteiger partial charge in [-0.25, -0.2) is 0 Å². The molecule has 0 bridgehead atoms. The van der Waals surface area contributed by atoms with Crippen LogP contribution in [0.5, 0.6) is 0 Å². The lowest BCUT2D eigenvalue weighted by Gasteiger charge is -2.23. The second-order valence-corrected chi connectivity index (χ2v) is 6.33. The molecular formula is C16H21BrN2O. The van der Waals surface area contributed by atoms with Crippen molar-refractivity contribution in [3.8, 4) is 0 Å². The predicted octanol–water partition coefficient (Wildman–Crippen LogP) is 2.89. The Hall–Kier alpha value is -0.870. The minimum absolute atomic E-state index is 0.188. The monoisotopic (exact) mass is 336 g/mol. The van der Waals surface area contributed by atoms with Crippen LogP contribution in [0.25, 0.3) is 0 Å². The van der Waals surface area contributed by atoms with E-state index in [1.54, 1.807) is 0 Å². The van der Waals surface area contributed by atoms with Crippen molar-refractivity contribution in [2.24, 2.45) is 0 Å². The zero-order chi connectivity index (χ0) is 13.9. The third-order valence-corrected chi connectivity index (χ3v) is 5.11. The summed E-state index contributed by atoms with van der Waals surface area (Å²) in [6, 6.07) is 8.53. The van der Waals surface area contributed by atoms with Crippen LogP contribution in [0.1, 0.15) is 35.2 Å². The van der Waals surface area contributed by atoms with E-state index >= 15 is 0 Å². The van der Waals surface area contributed by atoms with Crippen molar-refractivity contribution in [2.45, 2.75) is 30.6 Å². The molecule has 0 saturated carbocycles. The Morgan fingerprint density at radius 3 is 2.50 bits per heavy atom. The molecule has 0 aromatic heterocycles. The van der Waals surface area contributed by atoms with E-state index in [1.165, 1.54) is 31.5 Å². The molecule has 1 unspecified atom stereocenters. The molecule has 3 nitrogen and oxygen atoms in total. The van der Waals surface area contributed by atoms with Gasteiger partial charge in [-0.1, -0.05) is 28.1 Å². The van der Waals surface area contributed by atoms with Crippen LogP contribution in [0.15, 0.2) is 24.3 Å². The highest BCUT2D eigenvalue weighted by atomic mass is 79.9. The van der Waals surface area contributed by atoms with E-state index in [0.29, 0.717) is 6.04 Å². The predicted molar refractivity (Wildman–Crippen MR) is 84.2 cm³/mol. The fraction of sp³-hybridized carbons (Fsp3) is 0.562. The number of nitrogens with zero attached hydrogens (tertiary/aromatic N) is 2. The summed E-state index contributed by atoms with van der Waals surface area (Å²) in [5.41, 5.74) is 2.02. The Morgan fingerprint density at radius 1 is 1.15 bits per heavy atom. The highest BCUT2D eigenvalue weighted by Crippen LogP contribution is 2.22. The minimum Gasteiger partial charge on any atom is -0.337 e. The maximum absolute atomic E-state index is 12.5. The summed E-state index contributed by atoms with van der Waals surface area (Å²) in [5.74, 6) is 0.188. The zero-order valence-corrected chi connectivity index (χ0v) is 13.3. The van der Waals surface area contributed by atoms with Gasteiger partial charge in [-0.2, -0.15) is 0 Å². The maximum Gasteiger partial charge on any atom is 0.253 e. The van der Waals surface area contributed by atoms with Crippen molar-refractivity contribution in [2.75, 3.05) is 26.2 Å². The van der Waals surface area contributed by atoms with Crippen LogP contribution < -0.4 is 0 Å². The Bertz CT molecular complexity index is 468. The van der Waals surface area contributed by atoms with Gasteiger partial charge in [0.25, 0.3) is 5.91 Å². The molecule has 0 radical (unpaired) electrons. The van der Waals surface area contributed by atoms with Crippen LogP contribution in [0.3, 0.4) is 0 Å². The maximum atomic E-state index is 12.5. The quantitative estimate of drug-likeness (QED) is 0.792. The van der Waals surface area contributed by atoms with E-state index < -0.39 is 0 Å². The Balaban J connectivity index is 1.62. The van der Waals surface area contributed by atoms with Crippen LogP contribution in [0.2, 0.25) is 0 Å². The van der Waals surface area contributed by atoms with Crippen molar-refractivity contribution in [3.05, 3.63) is 35.4 Å². The van der Waals surface area contributed by atoms with Gasteiger partial charge in [-0.05, 0) is 50.0 Å². The van der Waals surface area contributed by atoms with E-state index in [0.717, 1.165) is 30.4 Å². The Kier molecular flexibility index (Phi) is 4.41. The van der Waals surface area contributed by atoms with E-state index in [2.05, 4.69) is 20.8 Å². The number of alkyl halides is 1. The highest BCUT2D eigenvalue weighted by Gasteiger charge is 2.31. The first kappa shape index (κ1) is 14.1. The van der Waals surface area contributed by atoms with Gasteiger partial charge >= 0.3 is 0 Å². The third-order valence-electron chi connectivity index (χ3n) is 4.46. The fourth-order valence-corrected chi connectivity index (χ4v) is 3.62. The molecule has 20 heavy (non-hydrogen) atoms. The number of rotatable bonds is 3. The Labute approximate surface area is 129 Å². The lowest BCUT2D eigenvalue weighted by molar-refractivity contribution is 0.0780. The summed E-state index contributed by atoms with van der Waals surface area (Å²) in [6.07, 6.45) is 3.77. The van der Waals surface area contributed by atoms with Gasteiger partial charge < -0.3 is 4.90 Å². The summed E-state index contributed by atoms with van der Waals surface area (Å²) in [6.45, 7) is 4.23. The van der Waals surface area contributed by atoms with E-state index in [-0.39, 0.29) is 5.91 Å². The first-order chi connectivity index (χ1) is 9.78. The molecular weight excluding hydrogens is 316 g/mol. The van der Waals surface area contributed by atoms with Crippen LogP contribution in [0.4, 0.5) is 0 Å². The van der Waals surface area contributed by atoms with Gasteiger partial charge in [0.2, 0.25) is 0 Å². The van der Waals surface area contributed by atoms with Crippen LogP contribution in [0, 0.1) is 0 Å². The molecule has 2 saturated heterocycles. The number of amides is 1. The summed E-state index contributed by atoms with van der Waals surface area (Å²) in [5, 5.41) is 0.836. The van der Waals surface area contributed by atoms with Crippen LogP contribution in [-0.2, 0) is 5.33 Å². The summed E-state index contributed by atoms with van der Waals surface area (Å²) < 4.78 is 0. The van der Waals surface area contributed by atoms with Crippen molar-refractivity contribution in [1.82, 2.24) is 9.80 Å². The first-order valence-corrected chi connectivity index (χ1v) is 8.58. The van der Waals surface area contributed by atoms with Gasteiger partial charge in [0, 0.05) is 30.0 Å². The summed E-state index contributed by atoms with van der Waals surface area (Å²) in [4.78, 5) is 17.1. The highest BCUT2D eigenvalue weighted by molar-refractivity contribution is 9.08. The molecule has 4 heteroatoms. The number of hydrogen-bond donors (Lipinski definition) is 0. The molecule has 0 N–H and O–H groups in total. The minimum atomic E-state index is 0.188. The molecule has 1 aromatic carbocycles. The average molecular weight is 337 g/mol. The topological polar surface area (TPSA) is 23.6 Å². The molecule has 1 atom stereocenters. The molecule has 1 amide bonds. The number of carbonyl (C=O) groups is 1. The van der Waals surface area contributed by atoms with Crippen LogP contribution >= 0.6 is 15.9 Å². The van der Waals surface area contributed by atoms with Gasteiger partial charge in [-0.15, -0.1) is 0 Å². The molecule has 2 heterocycles. The second-order valence-electron chi connectivity index (χ2n) is 5.77. The zero-order valence-electron chi connectivity index (χ0n) is 11.7. The average Bonchev–Trinajstić information content (AvgIpc) is 3.17. The standard InChI is InChI=1S/C16H21BrN2O/c17-11-13-3-5-14(6-4-13)16(20)19-10-7-15(12-19)18-8-1-2-9-18/h3-6,15H,1-2,7-12H2. The molecule has 108 valence electrons. The smallest absolute Gasteiger partial charge is 0.253 e. The number of carbonyl (C=O) groups excluding carboxylic acids is 1. The van der Waals surface area contributed by atoms with E-state index in [1.807, 2.05) is 29.2 Å². The first-order valence-electron chi connectivity index (χ1n) is 7.46. The van der Waals surface area contributed by atoms with Crippen molar-refractivity contribution >= 4 is 21.8 Å². The van der Waals surface area contributed by atoms with E-state index in [9.17, 15) is 4.79 Å². The normalized spacial score (nSPS) is 23.4. The fourth-order valence-electron chi connectivity index (χ4n) is 3.25. The number of benzene rings is 1. The molecule has 2 aliphatic rings. The van der Waals surface area contributed by atoms with Gasteiger partial charge in [0.15, 0.2) is 0 Å². The van der Waals surface area contributed by atoms with Crippen molar-refractivity contribution in [1.29, 1.82) is 0 Å². The number of likely N-dealkylation sites (tertiary alicyclic amines) is 2. The molecule has 2 fully saturated rings. The van der Waals surface area contributed by atoms with Gasteiger partial charge in [-0.3, -0.25) is 9.69 Å². The van der Waals surface area contributed by atoms with Crippen LogP contribution in [-0.4, -0.2) is 47.9 Å². The second kappa shape index (κ2) is 6.27. The van der Waals surface area contributed by atoms with Crippen molar-refractivity contribution in [3.63, 3.8) is 0 Å². The number of hydrogen-bond acceptors (Lipinski definition) is 2.